The number of alkyl halides is 3. The Labute approximate surface area is 95.3 Å². The van der Waals surface area contributed by atoms with Crippen LogP contribution in [0.15, 0.2) is 18.2 Å². The van der Waals surface area contributed by atoms with Crippen molar-refractivity contribution in [2.24, 2.45) is 5.84 Å². The van der Waals surface area contributed by atoms with Gasteiger partial charge in [0.1, 0.15) is 6.04 Å². The molecule has 0 saturated carbocycles. The Hall–Kier alpha value is -0.980. The minimum atomic E-state index is -3.62. The number of hydrazine groups is 1. The second-order valence-corrected chi connectivity index (χ2v) is 3.54. The van der Waals surface area contributed by atoms with Crippen LogP contribution in [0.4, 0.5) is 13.2 Å². The van der Waals surface area contributed by atoms with E-state index in [9.17, 15) is 13.2 Å². The van der Waals surface area contributed by atoms with Gasteiger partial charge >= 0.3 is 5.38 Å². The molecular formula is C9H10ClF3N2O. The van der Waals surface area contributed by atoms with Crippen molar-refractivity contribution in [1.82, 2.24) is 5.43 Å². The first-order chi connectivity index (χ1) is 7.40. The van der Waals surface area contributed by atoms with Gasteiger partial charge in [0.15, 0.2) is 11.6 Å². The van der Waals surface area contributed by atoms with Crippen LogP contribution in [0.2, 0.25) is 0 Å². The highest BCUT2D eigenvalue weighted by atomic mass is 35.5. The van der Waals surface area contributed by atoms with E-state index in [0.29, 0.717) is 0 Å². The van der Waals surface area contributed by atoms with Crippen LogP contribution < -0.4 is 16.0 Å². The van der Waals surface area contributed by atoms with Gasteiger partial charge in [-0.2, -0.15) is 8.78 Å². The van der Waals surface area contributed by atoms with Crippen molar-refractivity contribution < 1.29 is 17.9 Å². The third-order valence-electron chi connectivity index (χ3n) is 2.00. The van der Waals surface area contributed by atoms with E-state index in [0.717, 1.165) is 6.07 Å². The van der Waals surface area contributed by atoms with E-state index in [2.05, 4.69) is 4.74 Å². The van der Waals surface area contributed by atoms with Crippen molar-refractivity contribution in [2.75, 3.05) is 7.11 Å². The Kier molecular flexibility index (Phi) is 4.01. The van der Waals surface area contributed by atoms with Gasteiger partial charge in [0.25, 0.3) is 0 Å². The lowest BCUT2D eigenvalue weighted by Crippen LogP contribution is -2.37. The molecule has 0 aliphatic heterocycles. The highest BCUT2D eigenvalue weighted by Crippen LogP contribution is 2.35. The summed E-state index contributed by atoms with van der Waals surface area (Å²) in [4.78, 5) is 0. The minimum absolute atomic E-state index is 0.0441. The van der Waals surface area contributed by atoms with Gasteiger partial charge < -0.3 is 4.74 Å². The Morgan fingerprint density at radius 1 is 1.50 bits per heavy atom. The van der Waals surface area contributed by atoms with Crippen LogP contribution in [0, 0.1) is 5.82 Å². The zero-order valence-corrected chi connectivity index (χ0v) is 9.06. The number of halogens is 4. The normalized spacial score (nSPS) is 13.6. The lowest BCUT2D eigenvalue weighted by atomic mass is 10.1. The average Bonchev–Trinajstić information content (AvgIpc) is 2.17. The third kappa shape index (κ3) is 2.78. The van der Waals surface area contributed by atoms with Crippen LogP contribution in [0.25, 0.3) is 0 Å². The molecule has 0 aromatic heterocycles. The zero-order valence-electron chi connectivity index (χ0n) is 8.31. The molecule has 1 aromatic rings. The molecule has 7 heteroatoms. The van der Waals surface area contributed by atoms with Crippen LogP contribution in [0.5, 0.6) is 5.75 Å². The molecule has 0 fully saturated rings. The summed E-state index contributed by atoms with van der Waals surface area (Å²) in [6.07, 6.45) is 0. The second-order valence-electron chi connectivity index (χ2n) is 3.04. The number of nitrogens with two attached hydrogens (primary N) is 1. The van der Waals surface area contributed by atoms with Crippen molar-refractivity contribution in [3.05, 3.63) is 29.6 Å². The van der Waals surface area contributed by atoms with Gasteiger partial charge in [-0.05, 0) is 29.3 Å². The Balaban J connectivity index is 3.08. The molecule has 90 valence electrons. The summed E-state index contributed by atoms with van der Waals surface area (Å²) in [5, 5.41) is -3.62. The topological polar surface area (TPSA) is 47.3 Å². The molecule has 16 heavy (non-hydrogen) atoms. The summed E-state index contributed by atoms with van der Waals surface area (Å²) in [5.74, 6) is 4.14. The van der Waals surface area contributed by atoms with E-state index < -0.39 is 17.2 Å². The molecule has 1 rings (SSSR count). The molecule has 0 heterocycles. The largest absolute Gasteiger partial charge is 0.494 e. The van der Waals surface area contributed by atoms with Gasteiger partial charge in [0.05, 0.1) is 7.11 Å². The van der Waals surface area contributed by atoms with Crippen molar-refractivity contribution in [3.8, 4) is 5.75 Å². The molecule has 1 atom stereocenters. The summed E-state index contributed by atoms with van der Waals surface area (Å²) in [7, 11) is 1.27. The molecule has 3 nitrogen and oxygen atoms in total. The highest BCUT2D eigenvalue weighted by molar-refractivity contribution is 6.22. The summed E-state index contributed by atoms with van der Waals surface area (Å²) in [5.41, 5.74) is 1.76. The molecule has 1 aromatic carbocycles. The molecule has 1 unspecified atom stereocenters. The maximum absolute atomic E-state index is 13.3. The molecule has 0 bridgehead atoms. The summed E-state index contributed by atoms with van der Waals surface area (Å²) in [6, 6.07) is 1.69. The van der Waals surface area contributed by atoms with Crippen molar-refractivity contribution in [1.29, 1.82) is 0 Å². The Morgan fingerprint density at radius 2 is 2.12 bits per heavy atom. The molecule has 0 aliphatic carbocycles. The maximum atomic E-state index is 13.3. The van der Waals surface area contributed by atoms with Crippen LogP contribution in [0.1, 0.15) is 11.6 Å². The Morgan fingerprint density at radius 3 is 2.50 bits per heavy atom. The monoisotopic (exact) mass is 254 g/mol. The van der Waals surface area contributed by atoms with Crippen LogP contribution in [-0.2, 0) is 0 Å². The number of nitrogens with one attached hydrogen (secondary N) is 1. The Bertz CT molecular complexity index is 370. The predicted molar refractivity (Wildman–Crippen MR) is 53.8 cm³/mol. The summed E-state index contributed by atoms with van der Waals surface area (Å²) < 4.78 is 43.6. The average molecular weight is 255 g/mol. The number of rotatable bonds is 4. The summed E-state index contributed by atoms with van der Waals surface area (Å²) in [6.45, 7) is 0. The number of hydrogen-bond acceptors (Lipinski definition) is 3. The van der Waals surface area contributed by atoms with E-state index in [1.54, 1.807) is 0 Å². The van der Waals surface area contributed by atoms with Gasteiger partial charge in [-0.25, -0.2) is 9.82 Å². The molecule has 0 saturated heterocycles. The maximum Gasteiger partial charge on any atom is 0.342 e. The fourth-order valence-corrected chi connectivity index (χ4v) is 1.43. The molecule has 0 spiro atoms. The van der Waals surface area contributed by atoms with Crippen molar-refractivity contribution in [3.63, 3.8) is 0 Å². The van der Waals surface area contributed by atoms with Gasteiger partial charge in [-0.1, -0.05) is 6.07 Å². The SMILES string of the molecule is COc1ccc(C(NN)C(F)(F)Cl)cc1F. The van der Waals surface area contributed by atoms with E-state index in [1.807, 2.05) is 5.43 Å². The minimum Gasteiger partial charge on any atom is -0.494 e. The van der Waals surface area contributed by atoms with Gasteiger partial charge in [0.2, 0.25) is 0 Å². The van der Waals surface area contributed by atoms with Gasteiger partial charge in [-0.3, -0.25) is 5.84 Å². The second kappa shape index (κ2) is 4.90. The van der Waals surface area contributed by atoms with Crippen LogP contribution in [-0.4, -0.2) is 12.5 Å². The van der Waals surface area contributed by atoms with E-state index in [4.69, 9.17) is 17.4 Å². The van der Waals surface area contributed by atoms with E-state index in [-0.39, 0.29) is 11.3 Å². The third-order valence-corrected chi connectivity index (χ3v) is 2.22. The molecular weight excluding hydrogens is 245 g/mol. The number of methoxy groups -OCH3 is 1. The molecule has 0 radical (unpaired) electrons. The number of benzene rings is 1. The van der Waals surface area contributed by atoms with Crippen molar-refractivity contribution >= 4 is 11.6 Å². The zero-order chi connectivity index (χ0) is 12.3. The van der Waals surface area contributed by atoms with E-state index >= 15 is 0 Å². The lowest BCUT2D eigenvalue weighted by molar-refractivity contribution is 0.0496. The fraction of sp³-hybridized carbons (Fsp3) is 0.333. The fourth-order valence-electron chi connectivity index (χ4n) is 1.24. The first kappa shape index (κ1) is 13.1. The lowest BCUT2D eigenvalue weighted by Gasteiger charge is -2.21. The van der Waals surface area contributed by atoms with Crippen LogP contribution >= 0.6 is 11.6 Å². The van der Waals surface area contributed by atoms with Gasteiger partial charge in [0, 0.05) is 0 Å². The smallest absolute Gasteiger partial charge is 0.342 e. The standard InChI is InChI=1S/C9H10ClF3N2O/c1-16-7-3-2-5(4-6(7)11)8(15-14)9(10,12)13/h2-4,8,15H,14H2,1H3. The number of ether oxygens (including phenoxy) is 1. The molecule has 0 amide bonds. The van der Waals surface area contributed by atoms with Crippen LogP contribution in [0.3, 0.4) is 0 Å². The quantitative estimate of drug-likeness (QED) is 0.492. The first-order valence-corrected chi connectivity index (χ1v) is 4.64. The number of hydrogen-bond donors (Lipinski definition) is 2. The summed E-state index contributed by atoms with van der Waals surface area (Å²) >= 11 is 4.83. The highest BCUT2D eigenvalue weighted by Gasteiger charge is 2.38. The predicted octanol–water partition coefficient (Wildman–Crippen LogP) is 2.17. The first-order valence-electron chi connectivity index (χ1n) is 4.26. The van der Waals surface area contributed by atoms with E-state index in [1.165, 1.54) is 19.2 Å². The van der Waals surface area contributed by atoms with Gasteiger partial charge in [-0.15, -0.1) is 0 Å². The molecule has 3 N–H and O–H groups in total. The van der Waals surface area contributed by atoms with Crippen molar-refractivity contribution in [2.45, 2.75) is 11.4 Å². The molecule has 0 aliphatic rings.